The Balaban J connectivity index is 1.59. The molecule has 4 rings (SSSR count). The quantitative estimate of drug-likeness (QED) is 0.327. The van der Waals surface area contributed by atoms with Gasteiger partial charge in [0.05, 0.1) is 5.71 Å². The third-order valence-electron chi connectivity index (χ3n) is 9.77. The van der Waals surface area contributed by atoms with Crippen LogP contribution in [0.1, 0.15) is 92.4 Å². The van der Waals surface area contributed by atoms with Gasteiger partial charge in [-0.25, -0.2) is 4.79 Å². The number of hydrogen-bond donors (Lipinski definition) is 0. The van der Waals surface area contributed by atoms with Gasteiger partial charge in [0.25, 0.3) is 0 Å². The first kappa shape index (κ1) is 19.5. The minimum atomic E-state index is -0.310. The van der Waals surface area contributed by atoms with E-state index in [9.17, 15) is 4.79 Å². The maximum Gasteiger partial charge on any atom is 0.331 e. The molecule has 152 valence electrons. The first-order valence-corrected chi connectivity index (χ1v) is 11.5. The molecule has 0 radical (unpaired) electrons. The Hall–Kier alpha value is -0.860. The molecule has 0 N–H and O–H groups in total. The average molecular weight is 374 g/mol. The van der Waals surface area contributed by atoms with Gasteiger partial charge in [-0.05, 0) is 92.3 Å². The lowest BCUT2D eigenvalue weighted by Gasteiger charge is -2.62. The summed E-state index contributed by atoms with van der Waals surface area (Å²) < 4.78 is 0. The molecule has 4 saturated carbocycles. The van der Waals surface area contributed by atoms with Crippen LogP contribution < -0.4 is 0 Å². The molecule has 4 aliphatic rings. The van der Waals surface area contributed by atoms with Gasteiger partial charge in [-0.1, -0.05) is 38.8 Å². The molecule has 27 heavy (non-hydrogen) atoms. The molecule has 3 nitrogen and oxygen atoms in total. The Morgan fingerprint density at radius 2 is 1.67 bits per heavy atom. The van der Waals surface area contributed by atoms with Crippen molar-refractivity contribution in [2.75, 3.05) is 0 Å². The van der Waals surface area contributed by atoms with Crippen LogP contribution in [0.5, 0.6) is 0 Å². The van der Waals surface area contributed by atoms with Crippen LogP contribution in [0.25, 0.3) is 0 Å². The van der Waals surface area contributed by atoms with Crippen LogP contribution in [-0.4, -0.2) is 11.7 Å². The van der Waals surface area contributed by atoms with Crippen LogP contribution in [0.3, 0.4) is 0 Å². The molecular formula is C24H39NO2. The Labute approximate surface area is 165 Å². The van der Waals surface area contributed by atoms with Gasteiger partial charge >= 0.3 is 5.97 Å². The standard InChI is InChI=1S/C24H39NO2/c1-15-14-18-21-10-9-20(16(2)25-27-17(3)26)24(21,5)13-11-22(18)23(4)12-7-6-8-19(15)23/h15,18-22H,6-14H2,1-5H3/b25-16+. The molecule has 3 heteroatoms. The van der Waals surface area contributed by atoms with Crippen LogP contribution in [0.2, 0.25) is 0 Å². The van der Waals surface area contributed by atoms with E-state index < -0.39 is 0 Å². The molecule has 8 unspecified atom stereocenters. The zero-order valence-corrected chi connectivity index (χ0v) is 18.1. The summed E-state index contributed by atoms with van der Waals surface area (Å²) in [6, 6.07) is 0. The van der Waals surface area contributed by atoms with Crippen molar-refractivity contribution >= 4 is 11.7 Å². The van der Waals surface area contributed by atoms with E-state index in [0.717, 1.165) is 35.3 Å². The predicted molar refractivity (Wildman–Crippen MR) is 109 cm³/mol. The van der Waals surface area contributed by atoms with Crippen LogP contribution in [-0.2, 0) is 9.63 Å². The Morgan fingerprint density at radius 3 is 2.41 bits per heavy atom. The summed E-state index contributed by atoms with van der Waals surface area (Å²) in [5.74, 6) is 4.66. The van der Waals surface area contributed by atoms with Crippen molar-refractivity contribution < 1.29 is 9.63 Å². The van der Waals surface area contributed by atoms with E-state index >= 15 is 0 Å². The fourth-order valence-electron chi connectivity index (χ4n) is 8.69. The molecule has 0 spiro atoms. The van der Waals surface area contributed by atoms with Crippen LogP contribution in [0, 0.1) is 46.3 Å². The summed E-state index contributed by atoms with van der Waals surface area (Å²) in [7, 11) is 0. The summed E-state index contributed by atoms with van der Waals surface area (Å²) in [6.07, 6.45) is 12.6. The van der Waals surface area contributed by atoms with E-state index in [-0.39, 0.29) is 5.97 Å². The molecule has 0 amide bonds. The summed E-state index contributed by atoms with van der Waals surface area (Å²) in [5, 5.41) is 4.21. The highest BCUT2D eigenvalue weighted by Crippen LogP contribution is 2.68. The van der Waals surface area contributed by atoms with Crippen molar-refractivity contribution in [3.8, 4) is 0 Å². The second-order valence-corrected chi connectivity index (χ2v) is 10.9. The smallest absolute Gasteiger partial charge is 0.319 e. The zero-order valence-electron chi connectivity index (χ0n) is 18.1. The van der Waals surface area contributed by atoms with Gasteiger partial charge in [0, 0.05) is 12.8 Å². The Bertz CT molecular complexity index is 628. The van der Waals surface area contributed by atoms with E-state index in [0.29, 0.717) is 16.7 Å². The summed E-state index contributed by atoms with van der Waals surface area (Å²) in [5.41, 5.74) is 1.96. The van der Waals surface area contributed by atoms with Crippen molar-refractivity contribution in [1.82, 2.24) is 0 Å². The summed E-state index contributed by atoms with van der Waals surface area (Å²) in [6.45, 7) is 11.3. The molecule has 4 aliphatic carbocycles. The molecule has 0 aromatic heterocycles. The minimum Gasteiger partial charge on any atom is -0.319 e. The second-order valence-electron chi connectivity index (χ2n) is 10.9. The Kier molecular flexibility index (Phi) is 4.96. The Morgan fingerprint density at radius 1 is 0.926 bits per heavy atom. The largest absolute Gasteiger partial charge is 0.331 e. The SMILES string of the molecule is CC(=O)O/N=C(\C)C1CCC2C3CC(C)C4CCCCC4(C)C3CCC12C. The second kappa shape index (κ2) is 6.88. The van der Waals surface area contributed by atoms with Crippen LogP contribution in [0.15, 0.2) is 5.16 Å². The van der Waals surface area contributed by atoms with Gasteiger partial charge in [-0.3, -0.25) is 0 Å². The lowest BCUT2D eigenvalue weighted by Crippen LogP contribution is -2.55. The number of rotatable bonds is 2. The molecule has 0 bridgehead atoms. The predicted octanol–water partition coefficient (Wildman–Crippen LogP) is 6.22. The third kappa shape index (κ3) is 2.99. The van der Waals surface area contributed by atoms with Gasteiger partial charge in [-0.2, -0.15) is 0 Å². The number of oxime groups is 1. The molecule has 0 saturated heterocycles. The molecule has 0 aromatic carbocycles. The first-order chi connectivity index (χ1) is 12.8. The van der Waals surface area contributed by atoms with Gasteiger partial charge in [0.15, 0.2) is 0 Å². The monoisotopic (exact) mass is 373 g/mol. The van der Waals surface area contributed by atoms with Crippen molar-refractivity contribution in [3.05, 3.63) is 0 Å². The van der Waals surface area contributed by atoms with Gasteiger partial charge in [0.2, 0.25) is 0 Å². The maximum atomic E-state index is 11.2. The maximum absolute atomic E-state index is 11.2. The molecule has 0 aromatic rings. The third-order valence-corrected chi connectivity index (χ3v) is 9.77. The number of carbonyl (C=O) groups is 1. The van der Waals surface area contributed by atoms with Crippen LogP contribution >= 0.6 is 0 Å². The number of hydrogen-bond acceptors (Lipinski definition) is 3. The fraction of sp³-hybridized carbons (Fsp3) is 0.917. The minimum absolute atomic E-state index is 0.310. The number of nitrogens with zero attached hydrogens (tertiary/aromatic N) is 1. The lowest BCUT2D eigenvalue weighted by atomic mass is 9.43. The molecule has 0 heterocycles. The van der Waals surface area contributed by atoms with E-state index in [2.05, 4.69) is 32.9 Å². The number of carbonyl (C=O) groups excluding carboxylic acids is 1. The lowest BCUT2D eigenvalue weighted by molar-refractivity contribution is -0.141. The van der Waals surface area contributed by atoms with E-state index in [4.69, 9.17) is 4.84 Å². The summed E-state index contributed by atoms with van der Waals surface area (Å²) in [4.78, 5) is 16.2. The summed E-state index contributed by atoms with van der Waals surface area (Å²) >= 11 is 0. The van der Waals surface area contributed by atoms with Crippen molar-refractivity contribution in [1.29, 1.82) is 0 Å². The van der Waals surface area contributed by atoms with E-state index in [1.165, 1.54) is 64.7 Å². The van der Waals surface area contributed by atoms with E-state index in [1.54, 1.807) is 0 Å². The van der Waals surface area contributed by atoms with Gasteiger partial charge in [0.1, 0.15) is 0 Å². The van der Waals surface area contributed by atoms with Crippen molar-refractivity contribution in [2.45, 2.75) is 92.4 Å². The normalized spacial score (nSPS) is 49.7. The van der Waals surface area contributed by atoms with Crippen molar-refractivity contribution in [3.63, 3.8) is 0 Å². The highest BCUT2D eigenvalue weighted by molar-refractivity contribution is 5.85. The topological polar surface area (TPSA) is 38.7 Å². The van der Waals surface area contributed by atoms with Gasteiger partial charge < -0.3 is 4.84 Å². The number of fused-ring (bicyclic) bond motifs is 5. The average Bonchev–Trinajstić information content (AvgIpc) is 2.97. The van der Waals surface area contributed by atoms with E-state index in [1.807, 2.05) is 0 Å². The highest BCUT2D eigenvalue weighted by atomic mass is 16.7. The first-order valence-electron chi connectivity index (χ1n) is 11.5. The zero-order chi connectivity index (χ0) is 19.4. The molecule has 4 fully saturated rings. The van der Waals surface area contributed by atoms with Crippen LogP contribution in [0.4, 0.5) is 0 Å². The van der Waals surface area contributed by atoms with Gasteiger partial charge in [-0.15, -0.1) is 0 Å². The van der Waals surface area contributed by atoms with Crippen molar-refractivity contribution in [2.24, 2.45) is 51.5 Å². The fourth-order valence-corrected chi connectivity index (χ4v) is 8.69. The molecule has 0 aliphatic heterocycles. The highest BCUT2D eigenvalue weighted by Gasteiger charge is 2.61. The molecular weight excluding hydrogens is 334 g/mol. The molecule has 8 atom stereocenters.